The number of halogens is 1. The molecule has 0 unspecified atom stereocenters. The number of aromatic nitrogens is 5. The van der Waals surface area contributed by atoms with E-state index in [9.17, 15) is 0 Å². The van der Waals surface area contributed by atoms with E-state index in [1.807, 2.05) is 45.7 Å². The van der Waals surface area contributed by atoms with Crippen molar-refractivity contribution in [2.24, 2.45) is 4.99 Å². The van der Waals surface area contributed by atoms with Gasteiger partial charge in [-0.1, -0.05) is 30.3 Å². The van der Waals surface area contributed by atoms with Crippen molar-refractivity contribution in [3.8, 4) is 0 Å². The number of rotatable bonds is 6. The zero-order valence-electron chi connectivity index (χ0n) is 16.1. The average Bonchev–Trinajstić information content (AvgIpc) is 3.38. The second-order valence-corrected chi connectivity index (χ2v) is 6.35. The molecule has 150 valence electrons. The summed E-state index contributed by atoms with van der Waals surface area (Å²) in [6, 6.07) is 16.2. The molecule has 3 heterocycles. The molecule has 0 radical (unpaired) electrons. The Kier molecular flexibility index (Phi) is 7.17. The Balaban J connectivity index is 0.00000240. The summed E-state index contributed by atoms with van der Waals surface area (Å²) in [6.45, 7) is 1.96. The van der Waals surface area contributed by atoms with Crippen LogP contribution in [0.15, 0.2) is 72.1 Å². The molecule has 0 atom stereocenters. The fraction of sp³-hybridized carbons (Fsp3) is 0.200. The Labute approximate surface area is 186 Å². The maximum absolute atomic E-state index is 4.29. The lowest BCUT2D eigenvalue weighted by Gasteiger charge is -2.12. The molecule has 0 saturated heterocycles. The van der Waals surface area contributed by atoms with Gasteiger partial charge in [-0.2, -0.15) is 5.10 Å². The molecule has 0 aliphatic heterocycles. The lowest BCUT2D eigenvalue weighted by atomic mass is 10.1. The summed E-state index contributed by atoms with van der Waals surface area (Å²) < 4.78 is 3.87. The Morgan fingerprint density at radius 1 is 0.966 bits per heavy atom. The zero-order chi connectivity index (χ0) is 19.2. The van der Waals surface area contributed by atoms with Gasteiger partial charge in [-0.25, -0.2) is 0 Å². The smallest absolute Gasteiger partial charge is 0.191 e. The third-order valence-electron chi connectivity index (χ3n) is 4.38. The molecule has 0 bridgehead atoms. The Hall–Kier alpha value is -2.95. The van der Waals surface area contributed by atoms with Crippen LogP contribution in [-0.4, -0.2) is 37.4 Å². The lowest BCUT2D eigenvalue weighted by molar-refractivity contribution is 0.685. The summed E-state index contributed by atoms with van der Waals surface area (Å²) >= 11 is 0. The second kappa shape index (κ2) is 10.0. The van der Waals surface area contributed by atoms with Gasteiger partial charge in [-0.05, 0) is 29.3 Å². The lowest BCUT2D eigenvalue weighted by Crippen LogP contribution is -2.36. The number of aliphatic imine (C=N–C) groups is 1. The third-order valence-corrected chi connectivity index (χ3v) is 4.38. The molecule has 2 N–H and O–H groups in total. The first-order valence-corrected chi connectivity index (χ1v) is 9.10. The molecule has 3 aromatic heterocycles. The highest BCUT2D eigenvalue weighted by molar-refractivity contribution is 14.0. The molecule has 29 heavy (non-hydrogen) atoms. The van der Waals surface area contributed by atoms with Crippen molar-refractivity contribution >= 4 is 35.6 Å². The van der Waals surface area contributed by atoms with E-state index < -0.39 is 0 Å². The van der Waals surface area contributed by atoms with Crippen LogP contribution in [0.4, 0.5) is 0 Å². The average molecular weight is 502 g/mol. The normalized spacial score (nSPS) is 11.3. The maximum atomic E-state index is 4.29. The minimum absolute atomic E-state index is 0. The number of hydrogen-bond acceptors (Lipinski definition) is 4. The van der Waals surface area contributed by atoms with E-state index in [0.29, 0.717) is 19.0 Å². The van der Waals surface area contributed by atoms with E-state index in [0.717, 1.165) is 18.0 Å². The van der Waals surface area contributed by atoms with Crippen LogP contribution < -0.4 is 10.6 Å². The van der Waals surface area contributed by atoms with Crippen molar-refractivity contribution < 1.29 is 0 Å². The van der Waals surface area contributed by atoms with Crippen molar-refractivity contribution in [3.63, 3.8) is 0 Å². The summed E-state index contributed by atoms with van der Waals surface area (Å²) in [5.74, 6) is 1.55. The van der Waals surface area contributed by atoms with Gasteiger partial charge in [0.1, 0.15) is 0 Å². The molecular weight excluding hydrogens is 479 g/mol. The van der Waals surface area contributed by atoms with Gasteiger partial charge in [0.25, 0.3) is 0 Å². The molecule has 1 aromatic carbocycles. The van der Waals surface area contributed by atoms with Crippen molar-refractivity contribution in [2.75, 3.05) is 7.05 Å². The first-order chi connectivity index (χ1) is 13.8. The Morgan fingerprint density at radius 2 is 1.83 bits per heavy atom. The van der Waals surface area contributed by atoms with Crippen LogP contribution in [0.2, 0.25) is 0 Å². The van der Waals surface area contributed by atoms with Gasteiger partial charge in [-0.3, -0.25) is 14.1 Å². The molecule has 0 aliphatic carbocycles. The molecule has 0 aliphatic rings. The highest BCUT2D eigenvalue weighted by Gasteiger charge is 2.06. The van der Waals surface area contributed by atoms with Crippen LogP contribution in [0.5, 0.6) is 0 Å². The largest absolute Gasteiger partial charge is 0.352 e. The van der Waals surface area contributed by atoms with Gasteiger partial charge in [0.05, 0.1) is 13.1 Å². The number of nitrogens with zero attached hydrogens (tertiary/aromatic N) is 6. The molecule has 0 amide bonds. The number of guanidine groups is 1. The van der Waals surface area contributed by atoms with Crippen LogP contribution in [-0.2, 0) is 19.6 Å². The summed E-state index contributed by atoms with van der Waals surface area (Å²) in [4.78, 5) is 4.29. The molecule has 0 fully saturated rings. The van der Waals surface area contributed by atoms with Crippen molar-refractivity contribution in [2.45, 2.75) is 19.6 Å². The topological polar surface area (TPSA) is 84.4 Å². The van der Waals surface area contributed by atoms with Gasteiger partial charge < -0.3 is 10.6 Å². The van der Waals surface area contributed by atoms with E-state index in [1.54, 1.807) is 13.2 Å². The van der Waals surface area contributed by atoms with Crippen LogP contribution in [0.3, 0.4) is 0 Å². The summed E-state index contributed by atoms with van der Waals surface area (Å²) in [6.07, 6.45) is 5.71. The van der Waals surface area contributed by atoms with Gasteiger partial charge in [0.15, 0.2) is 17.4 Å². The Bertz CT molecular complexity index is 1070. The molecular formula is C20H23IN8. The highest BCUT2D eigenvalue weighted by Crippen LogP contribution is 2.07. The summed E-state index contributed by atoms with van der Waals surface area (Å²) in [5.41, 5.74) is 3.22. The molecule has 9 heteroatoms. The van der Waals surface area contributed by atoms with Crippen molar-refractivity contribution in [3.05, 3.63) is 84.1 Å². The number of hydrogen-bond donors (Lipinski definition) is 2. The third kappa shape index (κ3) is 5.31. The van der Waals surface area contributed by atoms with Crippen LogP contribution in [0, 0.1) is 0 Å². The first kappa shape index (κ1) is 20.8. The van der Waals surface area contributed by atoms with Gasteiger partial charge in [-0.15, -0.1) is 34.2 Å². The Morgan fingerprint density at radius 3 is 2.66 bits per heavy atom. The van der Waals surface area contributed by atoms with E-state index >= 15 is 0 Å². The fourth-order valence-corrected chi connectivity index (χ4v) is 3.00. The molecule has 4 aromatic rings. The predicted octanol–water partition coefficient (Wildman–Crippen LogP) is 2.46. The molecule has 8 nitrogen and oxygen atoms in total. The maximum Gasteiger partial charge on any atom is 0.191 e. The van der Waals surface area contributed by atoms with E-state index in [1.165, 1.54) is 11.1 Å². The highest BCUT2D eigenvalue weighted by atomic mass is 127. The predicted molar refractivity (Wildman–Crippen MR) is 123 cm³/mol. The first-order valence-electron chi connectivity index (χ1n) is 9.10. The SMILES string of the molecule is CN=C(NCc1cccc(Cn2cccn2)c1)NCc1nnc2ccccn12.I. The van der Waals surface area contributed by atoms with Gasteiger partial charge in [0.2, 0.25) is 0 Å². The number of pyridine rings is 1. The number of benzene rings is 1. The number of fused-ring (bicyclic) bond motifs is 1. The van der Waals surface area contributed by atoms with Crippen LogP contribution >= 0.6 is 24.0 Å². The summed E-state index contributed by atoms with van der Waals surface area (Å²) in [7, 11) is 1.76. The monoisotopic (exact) mass is 502 g/mol. The minimum atomic E-state index is 0. The van der Waals surface area contributed by atoms with E-state index in [2.05, 4.69) is 55.2 Å². The minimum Gasteiger partial charge on any atom is -0.352 e. The van der Waals surface area contributed by atoms with Crippen LogP contribution in [0.1, 0.15) is 17.0 Å². The zero-order valence-corrected chi connectivity index (χ0v) is 18.4. The van der Waals surface area contributed by atoms with Gasteiger partial charge >= 0.3 is 0 Å². The van der Waals surface area contributed by atoms with Gasteiger partial charge in [0, 0.05) is 32.2 Å². The summed E-state index contributed by atoms with van der Waals surface area (Å²) in [5, 5.41) is 19.3. The van der Waals surface area contributed by atoms with Crippen LogP contribution in [0.25, 0.3) is 5.65 Å². The molecule has 4 rings (SSSR count). The second-order valence-electron chi connectivity index (χ2n) is 6.35. The van der Waals surface area contributed by atoms with Crippen molar-refractivity contribution in [1.29, 1.82) is 0 Å². The van der Waals surface area contributed by atoms with Crippen molar-refractivity contribution in [1.82, 2.24) is 35.0 Å². The quantitative estimate of drug-likeness (QED) is 0.241. The standard InChI is InChI=1S/C20H22N8.HI/c1-21-20(23-14-19-26-25-18-8-2-3-11-28(18)19)22-13-16-6-4-7-17(12-16)15-27-10-5-9-24-27;/h2-12H,13-15H2,1H3,(H2,21,22,23);1H. The van der Waals surface area contributed by atoms with E-state index in [4.69, 9.17) is 0 Å². The fourth-order valence-electron chi connectivity index (χ4n) is 3.00. The number of nitrogens with one attached hydrogen (secondary N) is 2. The van der Waals surface area contributed by atoms with E-state index in [-0.39, 0.29) is 24.0 Å². The molecule has 0 spiro atoms. The molecule has 0 saturated carbocycles.